The van der Waals surface area contributed by atoms with Gasteiger partial charge in [0.05, 0.1) is 12.0 Å². The maximum absolute atomic E-state index is 12.6. The molecule has 1 aliphatic heterocycles. The molecule has 0 bridgehead atoms. The van der Waals surface area contributed by atoms with E-state index in [-0.39, 0.29) is 11.9 Å². The van der Waals surface area contributed by atoms with Gasteiger partial charge in [-0.3, -0.25) is 4.79 Å². The van der Waals surface area contributed by atoms with Gasteiger partial charge < -0.3 is 15.4 Å². The van der Waals surface area contributed by atoms with Crippen molar-refractivity contribution in [2.75, 3.05) is 13.7 Å². The van der Waals surface area contributed by atoms with Crippen LogP contribution < -0.4 is 15.4 Å². The van der Waals surface area contributed by atoms with E-state index in [0.717, 1.165) is 46.0 Å². The molecular weight excluding hydrogens is 320 g/mol. The molecule has 0 saturated carbocycles. The van der Waals surface area contributed by atoms with Crippen LogP contribution in [0.5, 0.6) is 5.75 Å². The second-order valence-electron chi connectivity index (χ2n) is 6.27. The summed E-state index contributed by atoms with van der Waals surface area (Å²) in [6, 6.07) is 10.5. The van der Waals surface area contributed by atoms with Gasteiger partial charge in [-0.15, -0.1) is 11.3 Å². The van der Waals surface area contributed by atoms with Gasteiger partial charge in [-0.05, 0) is 62.6 Å². The fourth-order valence-corrected chi connectivity index (χ4v) is 4.08. The number of hydrogen-bond donors (Lipinski definition) is 2. The third-order valence-electron chi connectivity index (χ3n) is 4.62. The van der Waals surface area contributed by atoms with Crippen LogP contribution in [0.1, 0.15) is 34.3 Å². The number of aryl methyl sites for hydroxylation is 1. The zero-order valence-electron chi connectivity index (χ0n) is 14.4. The van der Waals surface area contributed by atoms with Crippen LogP contribution in [0.3, 0.4) is 0 Å². The van der Waals surface area contributed by atoms with Crippen molar-refractivity contribution in [2.24, 2.45) is 0 Å². The molecule has 1 fully saturated rings. The average molecular weight is 344 g/mol. The zero-order chi connectivity index (χ0) is 17.1. The monoisotopic (exact) mass is 344 g/mol. The van der Waals surface area contributed by atoms with Gasteiger partial charge in [0.25, 0.3) is 5.91 Å². The van der Waals surface area contributed by atoms with E-state index in [1.807, 2.05) is 30.3 Å². The Kier molecular flexibility index (Phi) is 5.21. The highest BCUT2D eigenvalue weighted by Gasteiger charge is 2.24. The minimum absolute atomic E-state index is 0.0309. The zero-order valence-corrected chi connectivity index (χ0v) is 15.2. The maximum Gasteiger partial charge on any atom is 0.261 e. The Balaban J connectivity index is 1.76. The van der Waals surface area contributed by atoms with Crippen LogP contribution in [0.4, 0.5) is 0 Å². The minimum Gasteiger partial charge on any atom is -0.497 e. The summed E-state index contributed by atoms with van der Waals surface area (Å²) in [5.74, 6) is 0.867. The lowest BCUT2D eigenvalue weighted by atomic mass is 10.00. The minimum atomic E-state index is 0.0309. The van der Waals surface area contributed by atoms with E-state index in [1.165, 1.54) is 0 Å². The molecule has 1 amide bonds. The van der Waals surface area contributed by atoms with Gasteiger partial charge in [-0.2, -0.15) is 0 Å². The molecule has 4 nitrogen and oxygen atoms in total. The molecule has 2 aromatic rings. The second kappa shape index (κ2) is 7.36. The molecule has 2 heterocycles. The first-order valence-corrected chi connectivity index (χ1v) is 9.19. The van der Waals surface area contributed by atoms with E-state index >= 15 is 0 Å². The Morgan fingerprint density at radius 1 is 1.33 bits per heavy atom. The van der Waals surface area contributed by atoms with Gasteiger partial charge in [-0.1, -0.05) is 12.1 Å². The fourth-order valence-electron chi connectivity index (χ4n) is 3.13. The summed E-state index contributed by atoms with van der Waals surface area (Å²) < 4.78 is 5.21. The normalized spacial score (nSPS) is 20.6. The lowest BCUT2D eigenvalue weighted by Crippen LogP contribution is -2.51. The van der Waals surface area contributed by atoms with E-state index in [9.17, 15) is 4.79 Å². The Labute approximate surface area is 147 Å². The first kappa shape index (κ1) is 17.0. The molecule has 2 atom stereocenters. The summed E-state index contributed by atoms with van der Waals surface area (Å²) in [5.41, 5.74) is 2.22. The molecule has 128 valence electrons. The second-order valence-corrected chi connectivity index (χ2v) is 7.53. The number of carbonyl (C=O) groups is 1. The van der Waals surface area contributed by atoms with Gasteiger partial charge in [0.1, 0.15) is 5.75 Å². The number of benzene rings is 1. The lowest BCUT2D eigenvalue weighted by Gasteiger charge is -2.30. The molecule has 0 spiro atoms. The largest absolute Gasteiger partial charge is 0.497 e. The van der Waals surface area contributed by atoms with Crippen molar-refractivity contribution in [3.8, 4) is 16.9 Å². The predicted octanol–water partition coefficient (Wildman–Crippen LogP) is 3.60. The summed E-state index contributed by atoms with van der Waals surface area (Å²) in [5, 5.41) is 6.60. The standard InChI is InChI=1S/C19H24N2O2S/c1-12-17(5-4-10-20-12)21-19(22)18-11-16(13(2)24-18)14-6-8-15(23-3)9-7-14/h6-9,11-12,17,20H,4-5,10H2,1-3H3,(H,21,22). The number of amides is 1. The van der Waals surface area contributed by atoms with Crippen LogP contribution in [0.25, 0.3) is 11.1 Å². The molecule has 2 N–H and O–H groups in total. The molecule has 24 heavy (non-hydrogen) atoms. The van der Waals surface area contributed by atoms with Crippen molar-refractivity contribution >= 4 is 17.2 Å². The van der Waals surface area contributed by atoms with Crippen LogP contribution >= 0.6 is 11.3 Å². The topological polar surface area (TPSA) is 50.4 Å². The Hall–Kier alpha value is -1.85. The lowest BCUT2D eigenvalue weighted by molar-refractivity contribution is 0.0924. The maximum atomic E-state index is 12.6. The molecule has 0 radical (unpaired) electrons. The van der Waals surface area contributed by atoms with Crippen molar-refractivity contribution in [2.45, 2.75) is 38.8 Å². The molecule has 1 saturated heterocycles. The molecule has 1 aromatic carbocycles. The fraction of sp³-hybridized carbons (Fsp3) is 0.421. The molecular formula is C19H24N2O2S. The molecule has 1 aromatic heterocycles. The summed E-state index contributed by atoms with van der Waals surface area (Å²) >= 11 is 1.55. The average Bonchev–Trinajstić information content (AvgIpc) is 2.99. The van der Waals surface area contributed by atoms with Crippen molar-refractivity contribution in [1.29, 1.82) is 0 Å². The number of thiophene rings is 1. The first-order chi connectivity index (χ1) is 11.6. The highest BCUT2D eigenvalue weighted by Crippen LogP contribution is 2.32. The van der Waals surface area contributed by atoms with Crippen LogP contribution in [0.2, 0.25) is 0 Å². The summed E-state index contributed by atoms with van der Waals surface area (Å²) in [7, 11) is 1.66. The van der Waals surface area contributed by atoms with Gasteiger partial charge >= 0.3 is 0 Å². The van der Waals surface area contributed by atoms with Crippen LogP contribution in [-0.2, 0) is 0 Å². The van der Waals surface area contributed by atoms with Gasteiger partial charge in [0.2, 0.25) is 0 Å². The first-order valence-electron chi connectivity index (χ1n) is 8.37. The highest BCUT2D eigenvalue weighted by atomic mass is 32.1. The molecule has 3 rings (SSSR count). The van der Waals surface area contributed by atoms with E-state index in [4.69, 9.17) is 4.74 Å². The molecule has 1 aliphatic rings. The summed E-state index contributed by atoms with van der Waals surface area (Å²) in [4.78, 5) is 14.5. The van der Waals surface area contributed by atoms with Crippen molar-refractivity contribution in [3.63, 3.8) is 0 Å². The summed E-state index contributed by atoms with van der Waals surface area (Å²) in [6.07, 6.45) is 2.14. The van der Waals surface area contributed by atoms with E-state index < -0.39 is 0 Å². The number of rotatable bonds is 4. The molecule has 0 aliphatic carbocycles. The third kappa shape index (κ3) is 3.62. The Bertz CT molecular complexity index is 709. The van der Waals surface area contributed by atoms with Crippen molar-refractivity contribution < 1.29 is 9.53 Å². The number of hydrogen-bond acceptors (Lipinski definition) is 4. The van der Waals surface area contributed by atoms with Gasteiger partial charge in [0.15, 0.2) is 0 Å². The van der Waals surface area contributed by atoms with Crippen molar-refractivity contribution in [3.05, 3.63) is 40.1 Å². The quantitative estimate of drug-likeness (QED) is 0.891. The number of methoxy groups -OCH3 is 1. The molecule has 5 heteroatoms. The predicted molar refractivity (Wildman–Crippen MR) is 99.0 cm³/mol. The number of carbonyl (C=O) groups excluding carboxylic acids is 1. The van der Waals surface area contributed by atoms with Crippen LogP contribution in [-0.4, -0.2) is 31.6 Å². The van der Waals surface area contributed by atoms with Crippen LogP contribution in [0, 0.1) is 6.92 Å². The van der Waals surface area contributed by atoms with Gasteiger partial charge in [-0.25, -0.2) is 0 Å². The number of nitrogens with one attached hydrogen (secondary N) is 2. The SMILES string of the molecule is COc1ccc(-c2cc(C(=O)NC3CCCNC3C)sc2C)cc1. The van der Waals surface area contributed by atoms with E-state index in [0.29, 0.717) is 6.04 Å². The Morgan fingerprint density at radius 2 is 2.08 bits per heavy atom. The molecule has 2 unspecified atom stereocenters. The number of piperidine rings is 1. The summed E-state index contributed by atoms with van der Waals surface area (Å²) in [6.45, 7) is 5.23. The van der Waals surface area contributed by atoms with E-state index in [2.05, 4.69) is 24.5 Å². The Morgan fingerprint density at radius 3 is 2.75 bits per heavy atom. The third-order valence-corrected chi connectivity index (χ3v) is 5.67. The van der Waals surface area contributed by atoms with Crippen molar-refractivity contribution in [1.82, 2.24) is 10.6 Å². The highest BCUT2D eigenvalue weighted by molar-refractivity contribution is 7.14. The number of ether oxygens (including phenoxy) is 1. The smallest absolute Gasteiger partial charge is 0.261 e. The van der Waals surface area contributed by atoms with Gasteiger partial charge in [0, 0.05) is 17.0 Å². The van der Waals surface area contributed by atoms with E-state index in [1.54, 1.807) is 18.4 Å². The van der Waals surface area contributed by atoms with Crippen LogP contribution in [0.15, 0.2) is 30.3 Å².